The summed E-state index contributed by atoms with van der Waals surface area (Å²) in [6, 6.07) is 0. The molecule has 1 unspecified atom stereocenters. The summed E-state index contributed by atoms with van der Waals surface area (Å²) in [6.07, 6.45) is 6.31. The minimum atomic E-state index is -1.28. The molecule has 0 spiro atoms. The molecule has 98 valence electrons. The number of nitrogens with two attached hydrogens (primary N) is 1. The zero-order valence-electron chi connectivity index (χ0n) is 10.2. The first-order valence-corrected chi connectivity index (χ1v) is 6.36. The third kappa shape index (κ3) is 5.17. The minimum absolute atomic E-state index is 0.0235. The van der Waals surface area contributed by atoms with E-state index in [0.29, 0.717) is 0 Å². The van der Waals surface area contributed by atoms with Gasteiger partial charge in [0, 0.05) is 5.92 Å². The molecule has 0 aromatic heterocycles. The van der Waals surface area contributed by atoms with Crippen molar-refractivity contribution >= 4 is 11.8 Å². The summed E-state index contributed by atoms with van der Waals surface area (Å²) in [5.41, 5.74) is 4.91. The molecule has 4 N–H and O–H groups in total. The first-order chi connectivity index (χ1) is 8.11. The largest absolute Gasteiger partial charge is 0.381 e. The molecule has 0 saturated heterocycles. The fourth-order valence-electron chi connectivity index (χ4n) is 2.16. The number of aliphatic hydroxyl groups excluding tert-OH is 1. The van der Waals surface area contributed by atoms with E-state index in [1.165, 1.54) is 19.3 Å². The highest BCUT2D eigenvalue weighted by molar-refractivity contribution is 5.81. The van der Waals surface area contributed by atoms with E-state index in [1.807, 2.05) is 0 Å². The maximum absolute atomic E-state index is 11.8. The van der Waals surface area contributed by atoms with E-state index in [0.717, 1.165) is 25.7 Å². The lowest BCUT2D eigenvalue weighted by Crippen LogP contribution is -2.42. The van der Waals surface area contributed by atoms with Crippen molar-refractivity contribution in [3.8, 4) is 0 Å². The Labute approximate surface area is 102 Å². The summed E-state index contributed by atoms with van der Waals surface area (Å²) in [7, 11) is 0. The van der Waals surface area contributed by atoms with E-state index in [2.05, 4.69) is 5.32 Å². The maximum atomic E-state index is 11.8. The van der Waals surface area contributed by atoms with Gasteiger partial charge in [-0.2, -0.15) is 0 Å². The molecule has 17 heavy (non-hydrogen) atoms. The quantitative estimate of drug-likeness (QED) is 0.662. The fraction of sp³-hybridized carbons (Fsp3) is 0.833. The molecule has 5 heteroatoms. The standard InChI is InChI=1S/C12H22N2O3/c13-11(16)10(15)8-14-12(17)9-6-4-2-1-3-5-7-9/h9-10,15H,1-8H2,(H2,13,16)(H,14,17). The molecule has 0 heterocycles. The van der Waals surface area contributed by atoms with Gasteiger partial charge < -0.3 is 16.2 Å². The maximum Gasteiger partial charge on any atom is 0.248 e. The smallest absolute Gasteiger partial charge is 0.248 e. The molecule has 0 aromatic carbocycles. The molecule has 1 aliphatic carbocycles. The minimum Gasteiger partial charge on any atom is -0.381 e. The monoisotopic (exact) mass is 242 g/mol. The van der Waals surface area contributed by atoms with Gasteiger partial charge >= 0.3 is 0 Å². The third-order valence-electron chi connectivity index (χ3n) is 3.27. The summed E-state index contributed by atoms with van der Waals surface area (Å²) < 4.78 is 0. The number of nitrogens with one attached hydrogen (secondary N) is 1. The Kier molecular flexibility index (Phi) is 5.97. The summed E-state index contributed by atoms with van der Waals surface area (Å²) in [6.45, 7) is -0.0787. The Morgan fingerprint density at radius 3 is 2.24 bits per heavy atom. The van der Waals surface area contributed by atoms with E-state index in [1.54, 1.807) is 0 Å². The topological polar surface area (TPSA) is 92.4 Å². The highest BCUT2D eigenvalue weighted by Gasteiger charge is 2.20. The predicted molar refractivity (Wildman–Crippen MR) is 64.0 cm³/mol. The van der Waals surface area contributed by atoms with Crippen LogP contribution >= 0.6 is 0 Å². The molecule has 0 bridgehead atoms. The van der Waals surface area contributed by atoms with Crippen molar-refractivity contribution in [2.24, 2.45) is 11.7 Å². The van der Waals surface area contributed by atoms with Crippen molar-refractivity contribution in [2.75, 3.05) is 6.54 Å². The average molecular weight is 242 g/mol. The highest BCUT2D eigenvalue weighted by atomic mass is 16.3. The number of primary amides is 1. The zero-order valence-corrected chi connectivity index (χ0v) is 10.2. The molecule has 0 radical (unpaired) electrons. The van der Waals surface area contributed by atoms with Gasteiger partial charge in [0.2, 0.25) is 11.8 Å². The first-order valence-electron chi connectivity index (χ1n) is 6.36. The van der Waals surface area contributed by atoms with E-state index < -0.39 is 12.0 Å². The van der Waals surface area contributed by atoms with Crippen molar-refractivity contribution in [1.29, 1.82) is 0 Å². The second-order valence-corrected chi connectivity index (χ2v) is 4.71. The molecule has 1 aliphatic rings. The molecular weight excluding hydrogens is 220 g/mol. The van der Waals surface area contributed by atoms with Gasteiger partial charge in [-0.3, -0.25) is 9.59 Å². The van der Waals surface area contributed by atoms with Crippen molar-refractivity contribution in [3.63, 3.8) is 0 Å². The molecule has 0 aliphatic heterocycles. The van der Waals surface area contributed by atoms with E-state index in [9.17, 15) is 14.7 Å². The number of amides is 2. The van der Waals surface area contributed by atoms with Gasteiger partial charge in [-0.1, -0.05) is 32.1 Å². The van der Waals surface area contributed by atoms with Crippen LogP contribution in [-0.2, 0) is 9.59 Å². The van der Waals surface area contributed by atoms with Gasteiger partial charge in [0.15, 0.2) is 0 Å². The molecule has 1 atom stereocenters. The van der Waals surface area contributed by atoms with Gasteiger partial charge in [-0.15, -0.1) is 0 Å². The van der Waals surface area contributed by atoms with E-state index in [4.69, 9.17) is 5.73 Å². The summed E-state index contributed by atoms with van der Waals surface area (Å²) in [4.78, 5) is 22.4. The fourth-order valence-corrected chi connectivity index (χ4v) is 2.16. The van der Waals surface area contributed by atoms with Crippen LogP contribution < -0.4 is 11.1 Å². The van der Waals surface area contributed by atoms with Crippen molar-refractivity contribution < 1.29 is 14.7 Å². The number of aliphatic hydroxyl groups is 1. The van der Waals surface area contributed by atoms with Gasteiger partial charge in [-0.25, -0.2) is 0 Å². The Bertz CT molecular complexity index is 260. The van der Waals surface area contributed by atoms with Crippen LogP contribution in [-0.4, -0.2) is 29.6 Å². The summed E-state index contributed by atoms with van der Waals surface area (Å²) in [5, 5.41) is 11.8. The van der Waals surface area contributed by atoms with Crippen LogP contribution in [0.5, 0.6) is 0 Å². The third-order valence-corrected chi connectivity index (χ3v) is 3.27. The molecular formula is C12H22N2O3. The van der Waals surface area contributed by atoms with Crippen molar-refractivity contribution in [1.82, 2.24) is 5.32 Å². The van der Waals surface area contributed by atoms with Gasteiger partial charge in [0.25, 0.3) is 0 Å². The summed E-state index contributed by atoms with van der Waals surface area (Å²) in [5.74, 6) is -0.842. The van der Waals surface area contributed by atoms with Crippen molar-refractivity contribution in [2.45, 2.75) is 51.0 Å². The number of carbonyl (C=O) groups is 2. The molecule has 1 saturated carbocycles. The van der Waals surface area contributed by atoms with Crippen LogP contribution in [0.4, 0.5) is 0 Å². The second kappa shape index (κ2) is 7.27. The molecule has 1 rings (SSSR count). The Hall–Kier alpha value is -1.10. The van der Waals surface area contributed by atoms with Gasteiger partial charge in [0.05, 0.1) is 6.54 Å². The number of rotatable bonds is 4. The van der Waals surface area contributed by atoms with Crippen LogP contribution in [0, 0.1) is 5.92 Å². The Morgan fingerprint density at radius 2 is 1.71 bits per heavy atom. The lowest BCUT2D eigenvalue weighted by Gasteiger charge is -2.19. The summed E-state index contributed by atoms with van der Waals surface area (Å²) >= 11 is 0. The average Bonchev–Trinajstić information content (AvgIpc) is 2.24. The molecule has 1 fully saturated rings. The van der Waals surface area contributed by atoms with Crippen LogP contribution in [0.15, 0.2) is 0 Å². The van der Waals surface area contributed by atoms with Crippen LogP contribution in [0.25, 0.3) is 0 Å². The number of hydrogen-bond donors (Lipinski definition) is 3. The lowest BCUT2D eigenvalue weighted by molar-refractivity contribution is -0.128. The van der Waals surface area contributed by atoms with Gasteiger partial charge in [-0.05, 0) is 12.8 Å². The van der Waals surface area contributed by atoms with E-state index >= 15 is 0 Å². The van der Waals surface area contributed by atoms with Crippen LogP contribution in [0.3, 0.4) is 0 Å². The Morgan fingerprint density at radius 1 is 1.18 bits per heavy atom. The second-order valence-electron chi connectivity index (χ2n) is 4.71. The molecule has 5 nitrogen and oxygen atoms in total. The highest BCUT2D eigenvalue weighted by Crippen LogP contribution is 2.22. The molecule has 2 amide bonds. The Balaban J connectivity index is 2.32. The molecule has 0 aromatic rings. The number of carbonyl (C=O) groups excluding carboxylic acids is 2. The zero-order chi connectivity index (χ0) is 12.7. The SMILES string of the molecule is NC(=O)C(O)CNC(=O)C1CCCCCCC1. The number of hydrogen-bond acceptors (Lipinski definition) is 3. The van der Waals surface area contributed by atoms with Crippen LogP contribution in [0.2, 0.25) is 0 Å². The lowest BCUT2D eigenvalue weighted by atomic mass is 9.90. The van der Waals surface area contributed by atoms with Gasteiger partial charge in [0.1, 0.15) is 6.10 Å². The van der Waals surface area contributed by atoms with Crippen molar-refractivity contribution in [3.05, 3.63) is 0 Å². The predicted octanol–water partition coefficient (Wildman–Crippen LogP) is 0.309. The van der Waals surface area contributed by atoms with E-state index in [-0.39, 0.29) is 18.4 Å². The normalized spacial score (nSPS) is 20.1. The van der Waals surface area contributed by atoms with Crippen LogP contribution in [0.1, 0.15) is 44.9 Å². The first kappa shape index (κ1) is 14.0.